The van der Waals surface area contributed by atoms with Gasteiger partial charge in [0.15, 0.2) is 0 Å². The molecule has 0 fully saturated rings. The van der Waals surface area contributed by atoms with Crippen LogP contribution in [0.25, 0.3) is 0 Å². The Balaban J connectivity index is 1.72. The van der Waals surface area contributed by atoms with E-state index < -0.39 is 10.0 Å². The van der Waals surface area contributed by atoms with Crippen LogP contribution >= 0.6 is 0 Å². The number of nitrogens with one attached hydrogen (secondary N) is 1. The van der Waals surface area contributed by atoms with Crippen LogP contribution in [-0.2, 0) is 16.4 Å². The molecule has 2 aromatic rings. The molecule has 1 N–H and O–H groups in total. The van der Waals surface area contributed by atoms with Crippen molar-refractivity contribution in [3.63, 3.8) is 0 Å². The van der Waals surface area contributed by atoms with E-state index in [1.807, 2.05) is 42.5 Å². The Morgan fingerprint density at radius 3 is 2.48 bits per heavy atom. The number of benzene rings is 2. The summed E-state index contributed by atoms with van der Waals surface area (Å²) in [7, 11) is -1.72. The van der Waals surface area contributed by atoms with Crippen molar-refractivity contribution in [3.05, 3.63) is 60.2 Å². The van der Waals surface area contributed by atoms with Crippen molar-refractivity contribution in [1.29, 1.82) is 0 Å². The first-order chi connectivity index (χ1) is 11.1. The molecule has 2 rings (SSSR count). The Labute approximate surface area is 137 Å². The van der Waals surface area contributed by atoms with Crippen molar-refractivity contribution in [2.45, 2.75) is 6.42 Å². The van der Waals surface area contributed by atoms with Gasteiger partial charge in [0.05, 0.1) is 12.9 Å². The molecule has 0 saturated heterocycles. The minimum absolute atomic E-state index is 0.0656. The van der Waals surface area contributed by atoms with Crippen LogP contribution in [0.2, 0.25) is 0 Å². The Morgan fingerprint density at radius 2 is 1.74 bits per heavy atom. The molecule has 0 radical (unpaired) electrons. The van der Waals surface area contributed by atoms with Crippen LogP contribution in [0, 0.1) is 0 Å². The summed E-state index contributed by atoms with van der Waals surface area (Å²) >= 11 is 0. The van der Waals surface area contributed by atoms with E-state index in [4.69, 9.17) is 9.47 Å². The molecule has 5 nitrogen and oxygen atoms in total. The van der Waals surface area contributed by atoms with E-state index in [0.717, 1.165) is 5.56 Å². The summed E-state index contributed by atoms with van der Waals surface area (Å²) in [4.78, 5) is 0. The Kier molecular flexibility index (Phi) is 6.43. The second kappa shape index (κ2) is 8.55. The van der Waals surface area contributed by atoms with Gasteiger partial charge in [-0.25, -0.2) is 13.1 Å². The molecule has 0 heterocycles. The zero-order valence-electron chi connectivity index (χ0n) is 13.1. The van der Waals surface area contributed by atoms with Gasteiger partial charge in [0, 0.05) is 12.6 Å². The average molecular weight is 335 g/mol. The van der Waals surface area contributed by atoms with E-state index in [2.05, 4.69) is 4.72 Å². The van der Waals surface area contributed by atoms with E-state index in [1.54, 1.807) is 19.2 Å². The molecule has 124 valence electrons. The molecule has 23 heavy (non-hydrogen) atoms. The zero-order chi connectivity index (χ0) is 16.5. The largest absolute Gasteiger partial charge is 0.497 e. The summed E-state index contributed by atoms with van der Waals surface area (Å²) in [5.74, 6) is 1.41. The van der Waals surface area contributed by atoms with E-state index in [1.165, 1.54) is 0 Å². The fourth-order valence-corrected chi connectivity index (χ4v) is 3.07. The van der Waals surface area contributed by atoms with Gasteiger partial charge in [-0.3, -0.25) is 0 Å². The van der Waals surface area contributed by atoms with Crippen LogP contribution in [0.15, 0.2) is 54.6 Å². The minimum Gasteiger partial charge on any atom is -0.497 e. The highest BCUT2D eigenvalue weighted by molar-refractivity contribution is 7.89. The molecule has 0 amide bonds. The normalized spacial score (nSPS) is 11.2. The first-order valence-electron chi connectivity index (χ1n) is 7.37. The number of ether oxygens (including phenoxy) is 2. The topological polar surface area (TPSA) is 64.6 Å². The molecular weight excluding hydrogens is 314 g/mol. The van der Waals surface area contributed by atoms with Crippen molar-refractivity contribution in [3.8, 4) is 11.5 Å². The number of rotatable bonds is 9. The third-order valence-electron chi connectivity index (χ3n) is 3.24. The zero-order valence-corrected chi connectivity index (χ0v) is 13.9. The predicted octanol–water partition coefficient (Wildman–Crippen LogP) is 2.24. The van der Waals surface area contributed by atoms with Gasteiger partial charge in [-0.05, 0) is 24.1 Å². The molecule has 0 aromatic heterocycles. The lowest BCUT2D eigenvalue weighted by Crippen LogP contribution is -2.31. The van der Waals surface area contributed by atoms with Crippen molar-refractivity contribution >= 4 is 10.0 Å². The van der Waals surface area contributed by atoms with Crippen molar-refractivity contribution < 1.29 is 17.9 Å². The van der Waals surface area contributed by atoms with Crippen LogP contribution in [0.4, 0.5) is 0 Å². The number of sulfonamides is 1. The standard InChI is InChI=1S/C17H21NO4S/c1-21-16-8-5-9-17(14-16)22-12-11-18-23(19,20)13-10-15-6-3-2-4-7-15/h2-9,14,18H,10-13H2,1H3. The van der Waals surface area contributed by atoms with E-state index in [9.17, 15) is 8.42 Å². The number of methoxy groups -OCH3 is 1. The van der Waals surface area contributed by atoms with Crippen LogP contribution in [0.3, 0.4) is 0 Å². The molecule has 0 aliphatic heterocycles. The second-order valence-electron chi connectivity index (χ2n) is 4.98. The summed E-state index contributed by atoms with van der Waals surface area (Å²) < 4.78 is 37.0. The summed E-state index contributed by atoms with van der Waals surface area (Å²) in [6, 6.07) is 16.7. The molecule has 0 spiro atoms. The quantitative estimate of drug-likeness (QED) is 0.714. The number of hydrogen-bond donors (Lipinski definition) is 1. The van der Waals surface area contributed by atoms with Crippen molar-refractivity contribution in [2.75, 3.05) is 26.0 Å². The van der Waals surface area contributed by atoms with E-state index in [0.29, 0.717) is 17.9 Å². The Bertz CT molecular complexity index is 702. The summed E-state index contributed by atoms with van der Waals surface area (Å²) in [5.41, 5.74) is 1.01. The van der Waals surface area contributed by atoms with Gasteiger partial charge in [-0.1, -0.05) is 36.4 Å². The molecule has 0 atom stereocenters. The summed E-state index contributed by atoms with van der Waals surface area (Å²) in [5, 5.41) is 0. The Morgan fingerprint density at radius 1 is 1.00 bits per heavy atom. The van der Waals surface area contributed by atoms with Gasteiger partial charge in [0.1, 0.15) is 18.1 Å². The lowest BCUT2D eigenvalue weighted by atomic mass is 10.2. The highest BCUT2D eigenvalue weighted by Crippen LogP contribution is 2.18. The number of hydrogen-bond acceptors (Lipinski definition) is 4. The maximum Gasteiger partial charge on any atom is 0.212 e. The fraction of sp³-hybridized carbons (Fsp3) is 0.294. The van der Waals surface area contributed by atoms with Gasteiger partial charge in [-0.2, -0.15) is 0 Å². The minimum atomic E-state index is -3.30. The summed E-state index contributed by atoms with van der Waals surface area (Å²) in [6.45, 7) is 0.492. The molecule has 0 bridgehead atoms. The first-order valence-corrected chi connectivity index (χ1v) is 9.02. The monoisotopic (exact) mass is 335 g/mol. The van der Waals surface area contributed by atoms with Crippen LogP contribution < -0.4 is 14.2 Å². The Hall–Kier alpha value is -2.05. The first kappa shape index (κ1) is 17.3. The molecule has 6 heteroatoms. The van der Waals surface area contributed by atoms with Crippen molar-refractivity contribution in [2.24, 2.45) is 0 Å². The lowest BCUT2D eigenvalue weighted by Gasteiger charge is -2.09. The lowest BCUT2D eigenvalue weighted by molar-refractivity contribution is 0.320. The van der Waals surface area contributed by atoms with E-state index in [-0.39, 0.29) is 18.9 Å². The molecular formula is C17H21NO4S. The third kappa shape index (κ3) is 6.30. The van der Waals surface area contributed by atoms with E-state index >= 15 is 0 Å². The molecule has 0 unspecified atom stereocenters. The van der Waals surface area contributed by atoms with Crippen LogP contribution in [0.5, 0.6) is 11.5 Å². The molecule has 2 aromatic carbocycles. The third-order valence-corrected chi connectivity index (χ3v) is 4.62. The molecule has 0 saturated carbocycles. The van der Waals surface area contributed by atoms with Gasteiger partial charge in [0.25, 0.3) is 0 Å². The smallest absolute Gasteiger partial charge is 0.212 e. The molecule has 0 aliphatic carbocycles. The highest BCUT2D eigenvalue weighted by Gasteiger charge is 2.09. The SMILES string of the molecule is COc1cccc(OCCNS(=O)(=O)CCc2ccccc2)c1. The molecule has 0 aliphatic rings. The average Bonchev–Trinajstić information content (AvgIpc) is 2.58. The van der Waals surface area contributed by atoms with Crippen LogP contribution in [0.1, 0.15) is 5.56 Å². The maximum absolute atomic E-state index is 11.9. The summed E-state index contributed by atoms with van der Waals surface area (Å²) in [6.07, 6.45) is 0.493. The van der Waals surface area contributed by atoms with Gasteiger partial charge in [-0.15, -0.1) is 0 Å². The van der Waals surface area contributed by atoms with Gasteiger partial charge in [0.2, 0.25) is 10.0 Å². The second-order valence-corrected chi connectivity index (χ2v) is 6.90. The van der Waals surface area contributed by atoms with Crippen molar-refractivity contribution in [1.82, 2.24) is 4.72 Å². The number of aryl methyl sites for hydroxylation is 1. The van der Waals surface area contributed by atoms with Gasteiger partial charge >= 0.3 is 0 Å². The maximum atomic E-state index is 11.9. The van der Waals surface area contributed by atoms with Gasteiger partial charge < -0.3 is 9.47 Å². The predicted molar refractivity (Wildman–Crippen MR) is 90.4 cm³/mol. The van der Waals surface area contributed by atoms with Crippen LogP contribution in [-0.4, -0.2) is 34.4 Å². The fourth-order valence-electron chi connectivity index (χ4n) is 2.03. The highest BCUT2D eigenvalue weighted by atomic mass is 32.2.